The largest absolute Gasteiger partial charge is 0.416 e. The number of fused-ring (bicyclic) bond motifs is 1. The molecule has 34 heavy (non-hydrogen) atoms. The highest BCUT2D eigenvalue weighted by Gasteiger charge is 2.30. The molecule has 0 atom stereocenters. The van der Waals surface area contributed by atoms with E-state index >= 15 is 0 Å². The molecule has 4 rings (SSSR count). The predicted molar refractivity (Wildman–Crippen MR) is 129 cm³/mol. The van der Waals surface area contributed by atoms with Gasteiger partial charge in [-0.15, -0.1) is 11.8 Å². The Bertz CT molecular complexity index is 1360. The van der Waals surface area contributed by atoms with Gasteiger partial charge in [-0.1, -0.05) is 42.5 Å². The molecular weight excluding hydrogens is 461 g/mol. The molecule has 4 aromatic rings. The van der Waals surface area contributed by atoms with Gasteiger partial charge in [0.1, 0.15) is 0 Å². The second-order valence-corrected chi connectivity index (χ2v) is 8.51. The molecule has 0 aliphatic carbocycles. The summed E-state index contributed by atoms with van der Waals surface area (Å²) in [5, 5.41) is 7.34. The van der Waals surface area contributed by atoms with E-state index in [4.69, 9.17) is 0 Å². The van der Waals surface area contributed by atoms with E-state index in [1.165, 1.54) is 23.9 Å². The summed E-state index contributed by atoms with van der Waals surface area (Å²) in [7, 11) is 0. The zero-order valence-corrected chi connectivity index (χ0v) is 18.5. The summed E-state index contributed by atoms with van der Waals surface area (Å²) in [5.41, 5.74) is 0.350. The van der Waals surface area contributed by atoms with Crippen LogP contribution in [0.3, 0.4) is 0 Å². The molecule has 0 heterocycles. The van der Waals surface area contributed by atoms with Crippen LogP contribution < -0.4 is 10.6 Å². The Balaban J connectivity index is 1.36. The molecule has 2 amide bonds. The molecule has 0 saturated heterocycles. The van der Waals surface area contributed by atoms with Gasteiger partial charge >= 0.3 is 6.18 Å². The maximum atomic E-state index is 12.8. The molecule has 0 saturated carbocycles. The second kappa shape index (κ2) is 10.0. The average molecular weight is 481 g/mol. The molecule has 172 valence electrons. The maximum Gasteiger partial charge on any atom is 0.416 e. The summed E-state index contributed by atoms with van der Waals surface area (Å²) in [6.45, 7) is 0. The van der Waals surface area contributed by atoms with Crippen molar-refractivity contribution in [2.75, 3.05) is 16.4 Å². The molecule has 0 radical (unpaired) electrons. The van der Waals surface area contributed by atoms with Crippen LogP contribution in [0.4, 0.5) is 24.5 Å². The van der Waals surface area contributed by atoms with Gasteiger partial charge in [0.05, 0.1) is 11.3 Å². The molecule has 0 spiro atoms. The number of amides is 2. The normalized spacial score (nSPS) is 11.3. The fourth-order valence-corrected chi connectivity index (χ4v) is 4.07. The van der Waals surface area contributed by atoms with Crippen LogP contribution in [0.15, 0.2) is 95.9 Å². The molecule has 4 aromatic carbocycles. The van der Waals surface area contributed by atoms with Gasteiger partial charge in [0.2, 0.25) is 5.91 Å². The Labute approximate surface area is 198 Å². The van der Waals surface area contributed by atoms with E-state index in [0.717, 1.165) is 27.8 Å². The van der Waals surface area contributed by atoms with Crippen molar-refractivity contribution in [1.29, 1.82) is 0 Å². The number of carbonyl (C=O) groups is 2. The van der Waals surface area contributed by atoms with E-state index in [2.05, 4.69) is 10.6 Å². The third kappa shape index (κ3) is 5.96. The number of hydrogen-bond acceptors (Lipinski definition) is 3. The smallest absolute Gasteiger partial charge is 0.325 e. The first-order valence-electron chi connectivity index (χ1n) is 10.3. The third-order valence-electron chi connectivity index (χ3n) is 4.95. The van der Waals surface area contributed by atoms with Gasteiger partial charge in [-0.3, -0.25) is 9.59 Å². The van der Waals surface area contributed by atoms with E-state index < -0.39 is 17.6 Å². The van der Waals surface area contributed by atoms with Crippen molar-refractivity contribution in [2.24, 2.45) is 0 Å². The number of carbonyl (C=O) groups excluding carboxylic acids is 2. The monoisotopic (exact) mass is 480 g/mol. The topological polar surface area (TPSA) is 58.2 Å². The minimum atomic E-state index is -4.48. The number of thioether (sulfide) groups is 1. The summed E-state index contributed by atoms with van der Waals surface area (Å²) < 4.78 is 38.5. The average Bonchev–Trinajstić information content (AvgIpc) is 2.82. The molecule has 0 aromatic heterocycles. The first kappa shape index (κ1) is 23.4. The van der Waals surface area contributed by atoms with Gasteiger partial charge in [-0.2, -0.15) is 13.2 Å². The predicted octanol–water partition coefficient (Wildman–Crippen LogP) is 6.84. The van der Waals surface area contributed by atoms with Crippen molar-refractivity contribution in [2.45, 2.75) is 11.1 Å². The number of halogens is 3. The molecule has 0 fully saturated rings. The molecule has 0 bridgehead atoms. The quantitative estimate of drug-likeness (QED) is 0.297. The fourth-order valence-electron chi connectivity index (χ4n) is 3.32. The Morgan fingerprint density at radius 1 is 0.735 bits per heavy atom. The minimum Gasteiger partial charge on any atom is -0.325 e. The molecule has 2 N–H and O–H groups in total. The Hall–Kier alpha value is -3.78. The lowest BCUT2D eigenvalue weighted by Gasteiger charge is -2.10. The van der Waals surface area contributed by atoms with Gasteiger partial charge in [0.25, 0.3) is 5.91 Å². The van der Waals surface area contributed by atoms with Crippen LogP contribution in [-0.4, -0.2) is 17.6 Å². The molecule has 0 unspecified atom stereocenters. The highest BCUT2D eigenvalue weighted by Crippen LogP contribution is 2.31. The van der Waals surface area contributed by atoms with Crippen molar-refractivity contribution in [3.05, 3.63) is 102 Å². The number of hydrogen-bond donors (Lipinski definition) is 2. The van der Waals surface area contributed by atoms with E-state index in [0.29, 0.717) is 11.3 Å². The van der Waals surface area contributed by atoms with Gasteiger partial charge in [0, 0.05) is 21.8 Å². The van der Waals surface area contributed by atoms with Crippen molar-refractivity contribution in [3.63, 3.8) is 0 Å². The minimum absolute atomic E-state index is 0.00167. The number of benzene rings is 4. The first-order chi connectivity index (χ1) is 16.3. The Morgan fingerprint density at radius 2 is 1.44 bits per heavy atom. The second-order valence-electron chi connectivity index (χ2n) is 7.46. The highest BCUT2D eigenvalue weighted by molar-refractivity contribution is 8.00. The zero-order valence-electron chi connectivity index (χ0n) is 17.7. The lowest BCUT2D eigenvalue weighted by molar-refractivity contribution is -0.137. The van der Waals surface area contributed by atoms with E-state index in [1.807, 2.05) is 36.4 Å². The van der Waals surface area contributed by atoms with Gasteiger partial charge in [-0.25, -0.2) is 0 Å². The Kier molecular flexibility index (Phi) is 6.88. The van der Waals surface area contributed by atoms with Crippen LogP contribution in [0.5, 0.6) is 0 Å². The number of nitrogens with one attached hydrogen (secondary N) is 2. The lowest BCUT2D eigenvalue weighted by Crippen LogP contribution is -2.15. The van der Waals surface area contributed by atoms with Crippen molar-refractivity contribution in [3.8, 4) is 0 Å². The molecule has 8 heteroatoms. The first-order valence-corrected chi connectivity index (χ1v) is 11.3. The summed E-state index contributed by atoms with van der Waals surface area (Å²) in [4.78, 5) is 25.6. The van der Waals surface area contributed by atoms with Crippen LogP contribution in [0.2, 0.25) is 0 Å². The van der Waals surface area contributed by atoms with Gasteiger partial charge < -0.3 is 10.6 Å². The standard InChI is InChI=1S/C26H19F3N2O2S/c27-26(28,29)20-7-3-8-21(14-20)30-24(32)16-34-23-10-4-9-22(15-23)31-25(33)19-12-11-17-5-1-2-6-18(17)13-19/h1-15H,16H2,(H,30,32)(H,31,33). The highest BCUT2D eigenvalue weighted by atomic mass is 32.2. The van der Waals surface area contributed by atoms with Crippen LogP contribution in [-0.2, 0) is 11.0 Å². The summed E-state index contributed by atoms with van der Waals surface area (Å²) in [6, 6.07) is 24.7. The fraction of sp³-hybridized carbons (Fsp3) is 0.0769. The van der Waals surface area contributed by atoms with Gasteiger partial charge in [-0.05, 0) is 59.3 Å². The van der Waals surface area contributed by atoms with Crippen molar-refractivity contribution in [1.82, 2.24) is 0 Å². The Morgan fingerprint density at radius 3 is 2.21 bits per heavy atom. The number of alkyl halides is 3. The van der Waals surface area contributed by atoms with E-state index in [-0.39, 0.29) is 17.3 Å². The van der Waals surface area contributed by atoms with Crippen LogP contribution in [0.1, 0.15) is 15.9 Å². The van der Waals surface area contributed by atoms with Crippen LogP contribution in [0, 0.1) is 0 Å². The summed E-state index contributed by atoms with van der Waals surface area (Å²) >= 11 is 1.21. The van der Waals surface area contributed by atoms with Gasteiger partial charge in [0.15, 0.2) is 0 Å². The summed E-state index contributed by atoms with van der Waals surface area (Å²) in [6.07, 6.45) is -4.48. The third-order valence-corrected chi connectivity index (χ3v) is 5.94. The molecule has 0 aliphatic rings. The van der Waals surface area contributed by atoms with Crippen molar-refractivity contribution < 1.29 is 22.8 Å². The number of anilines is 2. The summed E-state index contributed by atoms with van der Waals surface area (Å²) in [5.74, 6) is -0.691. The maximum absolute atomic E-state index is 12.8. The van der Waals surface area contributed by atoms with Crippen LogP contribution >= 0.6 is 11.8 Å². The van der Waals surface area contributed by atoms with Crippen molar-refractivity contribution >= 4 is 45.7 Å². The molecule has 0 aliphatic heterocycles. The lowest BCUT2D eigenvalue weighted by atomic mass is 10.1. The molecule has 4 nitrogen and oxygen atoms in total. The van der Waals surface area contributed by atoms with E-state index in [9.17, 15) is 22.8 Å². The number of rotatable bonds is 6. The zero-order chi connectivity index (χ0) is 24.1. The molecular formula is C26H19F3N2O2S. The SMILES string of the molecule is O=C(CSc1cccc(NC(=O)c2ccc3ccccc3c2)c1)Nc1cccc(C(F)(F)F)c1. The van der Waals surface area contributed by atoms with Crippen LogP contribution in [0.25, 0.3) is 10.8 Å². The van der Waals surface area contributed by atoms with E-state index in [1.54, 1.807) is 30.3 Å².